The first kappa shape index (κ1) is 19.9. The van der Waals surface area contributed by atoms with E-state index in [2.05, 4.69) is 20.8 Å². The van der Waals surface area contributed by atoms with E-state index in [-0.39, 0.29) is 11.8 Å². The van der Waals surface area contributed by atoms with Crippen molar-refractivity contribution < 1.29 is 14.3 Å². The fraction of sp³-hybridized carbons (Fsp3) is 0.0952. The fourth-order valence-corrected chi connectivity index (χ4v) is 3.95. The maximum absolute atomic E-state index is 12.7. The molecular formula is C21H17ClN4O3S. The molecule has 0 unspecified atom stereocenters. The van der Waals surface area contributed by atoms with Crippen molar-refractivity contribution in [1.29, 1.82) is 0 Å². The number of hydrogen-bond donors (Lipinski definition) is 3. The number of fused-ring (bicyclic) bond motifs is 1. The molecule has 0 fully saturated rings. The number of para-hydroxylation sites is 2. The van der Waals surface area contributed by atoms with E-state index in [4.69, 9.17) is 16.3 Å². The van der Waals surface area contributed by atoms with E-state index in [0.29, 0.717) is 49.5 Å². The van der Waals surface area contributed by atoms with Gasteiger partial charge in [-0.05, 0) is 43.3 Å². The van der Waals surface area contributed by atoms with Crippen LogP contribution in [0.5, 0.6) is 5.75 Å². The zero-order chi connectivity index (χ0) is 21.1. The van der Waals surface area contributed by atoms with Crippen molar-refractivity contribution in [1.82, 2.24) is 10.2 Å². The molecule has 4 rings (SSSR count). The number of carbonyl (C=O) groups excluding carboxylic acids is 2. The van der Waals surface area contributed by atoms with Crippen LogP contribution in [0.25, 0.3) is 10.2 Å². The highest BCUT2D eigenvalue weighted by molar-refractivity contribution is 7.20. The van der Waals surface area contributed by atoms with Gasteiger partial charge in [-0.1, -0.05) is 29.8 Å². The van der Waals surface area contributed by atoms with Gasteiger partial charge in [0, 0.05) is 10.6 Å². The Balaban J connectivity index is 1.54. The van der Waals surface area contributed by atoms with Gasteiger partial charge in [0.25, 0.3) is 11.8 Å². The topological polar surface area (TPSA) is 96.1 Å². The van der Waals surface area contributed by atoms with Gasteiger partial charge < -0.3 is 15.4 Å². The number of carbonyl (C=O) groups is 2. The molecule has 2 amide bonds. The van der Waals surface area contributed by atoms with Gasteiger partial charge in [-0.15, -0.1) is 11.3 Å². The third kappa shape index (κ3) is 4.14. The van der Waals surface area contributed by atoms with Crippen LogP contribution in [0.4, 0.5) is 11.5 Å². The average molecular weight is 441 g/mol. The molecule has 0 aliphatic rings. The van der Waals surface area contributed by atoms with Crippen LogP contribution in [0.1, 0.15) is 27.0 Å². The molecule has 2 aromatic heterocycles. The summed E-state index contributed by atoms with van der Waals surface area (Å²) in [6.07, 6.45) is 0. The van der Waals surface area contributed by atoms with Gasteiger partial charge in [-0.2, -0.15) is 5.10 Å². The molecule has 152 valence electrons. The number of thiophene rings is 1. The number of anilines is 2. The largest absolute Gasteiger partial charge is 0.492 e. The number of halogens is 1. The van der Waals surface area contributed by atoms with E-state index < -0.39 is 0 Å². The van der Waals surface area contributed by atoms with Crippen molar-refractivity contribution in [3.63, 3.8) is 0 Å². The lowest BCUT2D eigenvalue weighted by atomic mass is 10.2. The highest BCUT2D eigenvalue weighted by Crippen LogP contribution is 2.31. The maximum Gasteiger partial charge on any atom is 0.265 e. The molecule has 0 aliphatic carbocycles. The lowest BCUT2D eigenvalue weighted by Gasteiger charge is -2.10. The second-order valence-corrected chi connectivity index (χ2v) is 7.74. The molecular weight excluding hydrogens is 424 g/mol. The Morgan fingerprint density at radius 1 is 1.10 bits per heavy atom. The van der Waals surface area contributed by atoms with Gasteiger partial charge in [0.15, 0.2) is 0 Å². The highest BCUT2D eigenvalue weighted by Gasteiger charge is 2.18. The van der Waals surface area contributed by atoms with Gasteiger partial charge >= 0.3 is 0 Å². The smallest absolute Gasteiger partial charge is 0.265 e. The van der Waals surface area contributed by atoms with Gasteiger partial charge in [0.2, 0.25) is 0 Å². The number of hydrogen-bond acceptors (Lipinski definition) is 5. The summed E-state index contributed by atoms with van der Waals surface area (Å²) in [5, 5.41) is 13.7. The molecule has 0 saturated heterocycles. The summed E-state index contributed by atoms with van der Waals surface area (Å²) < 4.78 is 5.55. The van der Waals surface area contributed by atoms with Crippen LogP contribution in [0.3, 0.4) is 0 Å². The monoisotopic (exact) mass is 440 g/mol. The molecule has 0 aliphatic heterocycles. The van der Waals surface area contributed by atoms with Crippen LogP contribution in [-0.2, 0) is 0 Å². The summed E-state index contributed by atoms with van der Waals surface area (Å²) in [7, 11) is 0. The minimum absolute atomic E-state index is 0.280. The van der Waals surface area contributed by atoms with Crippen molar-refractivity contribution in [2.75, 3.05) is 17.2 Å². The normalized spacial score (nSPS) is 10.7. The predicted octanol–water partition coefficient (Wildman–Crippen LogP) is 5.18. The van der Waals surface area contributed by atoms with E-state index in [0.717, 1.165) is 0 Å². The molecule has 4 aromatic rings. The maximum atomic E-state index is 12.7. The molecule has 30 heavy (non-hydrogen) atoms. The number of benzene rings is 2. The number of H-pyrrole nitrogens is 1. The first-order valence-electron chi connectivity index (χ1n) is 9.13. The molecule has 7 nitrogen and oxygen atoms in total. The zero-order valence-electron chi connectivity index (χ0n) is 15.9. The number of ether oxygens (including phenoxy) is 1. The first-order chi connectivity index (χ1) is 14.5. The second kappa shape index (κ2) is 8.56. The molecule has 0 radical (unpaired) electrons. The third-order valence-electron chi connectivity index (χ3n) is 4.24. The van der Waals surface area contributed by atoms with Gasteiger partial charge in [0.05, 0.1) is 22.6 Å². The Morgan fingerprint density at radius 3 is 2.73 bits per heavy atom. The van der Waals surface area contributed by atoms with E-state index in [9.17, 15) is 9.59 Å². The van der Waals surface area contributed by atoms with E-state index >= 15 is 0 Å². The number of aromatic nitrogens is 2. The molecule has 9 heteroatoms. The van der Waals surface area contributed by atoms with Crippen LogP contribution < -0.4 is 15.4 Å². The van der Waals surface area contributed by atoms with Crippen LogP contribution in [0.2, 0.25) is 5.02 Å². The Bertz CT molecular complexity index is 1230. The lowest BCUT2D eigenvalue weighted by molar-refractivity contribution is 0.102. The number of nitrogens with one attached hydrogen (secondary N) is 3. The fourth-order valence-electron chi connectivity index (χ4n) is 2.87. The molecule has 2 heterocycles. The van der Waals surface area contributed by atoms with Crippen LogP contribution in [0, 0.1) is 0 Å². The Kier molecular flexibility index (Phi) is 5.69. The van der Waals surface area contributed by atoms with Crippen molar-refractivity contribution in [2.24, 2.45) is 0 Å². The second-order valence-electron chi connectivity index (χ2n) is 6.28. The van der Waals surface area contributed by atoms with Crippen molar-refractivity contribution in [3.05, 3.63) is 70.1 Å². The first-order valence-corrected chi connectivity index (χ1v) is 10.3. The number of nitrogens with zero attached hydrogens (tertiary/aromatic N) is 1. The zero-order valence-corrected chi connectivity index (χ0v) is 17.4. The standard InChI is InChI=1S/C21H17ClN4O3S/c1-2-29-16-9-4-3-8-15(16)23-20(28)17-11-14-18(25-26-21(14)30-17)24-19(27)12-6-5-7-13(22)10-12/h3-11H,2H2,1H3,(H,23,28)(H2,24,25,26,27). The van der Waals surface area contributed by atoms with Crippen LogP contribution in [0.15, 0.2) is 54.6 Å². The molecule has 2 aromatic carbocycles. The lowest BCUT2D eigenvalue weighted by Crippen LogP contribution is -2.12. The predicted molar refractivity (Wildman–Crippen MR) is 119 cm³/mol. The quantitative estimate of drug-likeness (QED) is 0.385. The Hall–Kier alpha value is -3.36. The molecule has 0 atom stereocenters. The summed E-state index contributed by atoms with van der Waals surface area (Å²) >= 11 is 7.17. The minimum Gasteiger partial charge on any atom is -0.492 e. The van der Waals surface area contributed by atoms with Gasteiger partial charge in [0.1, 0.15) is 16.4 Å². The van der Waals surface area contributed by atoms with Crippen molar-refractivity contribution >= 4 is 56.5 Å². The summed E-state index contributed by atoms with van der Waals surface area (Å²) in [6, 6.07) is 15.6. The summed E-state index contributed by atoms with van der Waals surface area (Å²) in [4.78, 5) is 26.3. The van der Waals surface area contributed by atoms with Crippen LogP contribution in [-0.4, -0.2) is 28.6 Å². The third-order valence-corrected chi connectivity index (χ3v) is 5.50. The Morgan fingerprint density at radius 2 is 1.93 bits per heavy atom. The van der Waals surface area contributed by atoms with Crippen LogP contribution >= 0.6 is 22.9 Å². The van der Waals surface area contributed by atoms with E-state index in [1.54, 1.807) is 42.5 Å². The molecule has 3 N–H and O–H groups in total. The number of aromatic amines is 1. The SMILES string of the molecule is CCOc1ccccc1NC(=O)c1cc2c(NC(=O)c3cccc(Cl)c3)[nH]nc2s1. The Labute approximate surface area is 181 Å². The minimum atomic E-state index is -0.328. The van der Waals surface area contributed by atoms with Gasteiger partial charge in [-0.25, -0.2) is 0 Å². The molecule has 0 bridgehead atoms. The summed E-state index contributed by atoms with van der Waals surface area (Å²) in [5.41, 5.74) is 1.01. The summed E-state index contributed by atoms with van der Waals surface area (Å²) in [6.45, 7) is 2.38. The van der Waals surface area contributed by atoms with Crippen molar-refractivity contribution in [2.45, 2.75) is 6.92 Å². The number of rotatable bonds is 6. The highest BCUT2D eigenvalue weighted by atomic mass is 35.5. The van der Waals surface area contributed by atoms with E-state index in [1.165, 1.54) is 11.3 Å². The molecule has 0 saturated carbocycles. The average Bonchev–Trinajstić information content (AvgIpc) is 3.32. The molecule has 0 spiro atoms. The summed E-state index contributed by atoms with van der Waals surface area (Å²) in [5.74, 6) is 0.410. The van der Waals surface area contributed by atoms with Gasteiger partial charge in [-0.3, -0.25) is 14.7 Å². The number of amides is 2. The van der Waals surface area contributed by atoms with E-state index in [1.807, 2.05) is 19.1 Å². The van der Waals surface area contributed by atoms with Crippen molar-refractivity contribution in [3.8, 4) is 5.75 Å².